The van der Waals surface area contributed by atoms with Gasteiger partial charge in [-0.15, -0.1) is 24.8 Å². The van der Waals surface area contributed by atoms with Crippen molar-refractivity contribution in [3.8, 4) is 0 Å². The molecule has 2 fully saturated rings. The van der Waals surface area contributed by atoms with Crippen molar-refractivity contribution in [1.29, 1.82) is 0 Å². The Hall–Kier alpha value is -0.0700. The van der Waals surface area contributed by atoms with E-state index in [0.29, 0.717) is 6.04 Å². The number of methoxy groups -OCH3 is 1. The summed E-state index contributed by atoms with van der Waals surface area (Å²) in [6.45, 7) is 3.54. The molecule has 7 heteroatoms. The van der Waals surface area contributed by atoms with Crippen molar-refractivity contribution in [2.24, 2.45) is 5.73 Å². The molecule has 3 N–H and O–H groups in total. The summed E-state index contributed by atoms with van der Waals surface area (Å²) >= 11 is 0. The van der Waals surface area contributed by atoms with Crippen LogP contribution in [0.2, 0.25) is 0 Å². The summed E-state index contributed by atoms with van der Waals surface area (Å²) < 4.78 is 5.09. The maximum Gasteiger partial charge on any atom is 0.240 e. The lowest BCUT2D eigenvalue weighted by Crippen LogP contribution is -2.48. The number of rotatable bonds is 6. The molecule has 1 aliphatic heterocycles. The molecule has 5 nitrogen and oxygen atoms in total. The first-order chi connectivity index (χ1) is 8.15. The summed E-state index contributed by atoms with van der Waals surface area (Å²) in [4.78, 5) is 14.1. The van der Waals surface area contributed by atoms with Crippen LogP contribution in [-0.4, -0.2) is 55.7 Å². The van der Waals surface area contributed by atoms with Crippen molar-refractivity contribution in [3.63, 3.8) is 0 Å². The lowest BCUT2D eigenvalue weighted by atomic mass is 10.2. The zero-order valence-corrected chi connectivity index (χ0v) is 13.0. The molecular formula is C12H25Cl2N3O2. The van der Waals surface area contributed by atoms with E-state index in [1.165, 1.54) is 6.42 Å². The molecule has 1 unspecified atom stereocenters. The van der Waals surface area contributed by atoms with E-state index in [1.54, 1.807) is 7.11 Å². The molecule has 2 rings (SSSR count). The molecule has 2 aliphatic rings. The van der Waals surface area contributed by atoms with E-state index < -0.39 is 5.54 Å². The Morgan fingerprint density at radius 3 is 2.74 bits per heavy atom. The molecule has 114 valence electrons. The molecule has 1 atom stereocenters. The Balaban J connectivity index is 0.00000162. The molecule has 1 aliphatic carbocycles. The first-order valence-electron chi connectivity index (χ1n) is 6.46. The first kappa shape index (κ1) is 18.9. The maximum absolute atomic E-state index is 11.7. The standard InChI is InChI=1S/C12H23N3O2.2ClH/c1-17-8-7-15-6-2-3-10(15)9-14-11(16)12(13)4-5-12;;/h10H,2-9,13H2,1H3,(H,14,16);2*1H. The molecule has 0 aromatic carbocycles. The predicted octanol–water partition coefficient (Wildman–Crippen LogP) is 0.548. The minimum Gasteiger partial charge on any atom is -0.383 e. The smallest absolute Gasteiger partial charge is 0.240 e. The number of halogens is 2. The number of likely N-dealkylation sites (tertiary alicyclic amines) is 1. The van der Waals surface area contributed by atoms with Crippen LogP contribution in [0, 0.1) is 0 Å². The van der Waals surface area contributed by atoms with Crippen molar-refractivity contribution < 1.29 is 9.53 Å². The molecule has 1 heterocycles. The zero-order chi connectivity index (χ0) is 12.3. The number of nitrogens with zero attached hydrogens (tertiary/aromatic N) is 1. The van der Waals surface area contributed by atoms with Crippen LogP contribution in [-0.2, 0) is 9.53 Å². The molecule has 19 heavy (non-hydrogen) atoms. The van der Waals surface area contributed by atoms with E-state index in [1.807, 2.05) is 0 Å². The molecule has 1 saturated heterocycles. The molecule has 0 aromatic heterocycles. The third-order valence-electron chi connectivity index (χ3n) is 3.82. The molecule has 0 spiro atoms. The predicted molar refractivity (Wildman–Crippen MR) is 80.1 cm³/mol. The van der Waals surface area contributed by atoms with E-state index >= 15 is 0 Å². The Bertz CT molecular complexity index is 288. The monoisotopic (exact) mass is 313 g/mol. The van der Waals surface area contributed by atoms with Gasteiger partial charge in [0.1, 0.15) is 0 Å². The van der Waals surface area contributed by atoms with Gasteiger partial charge in [0.15, 0.2) is 0 Å². The van der Waals surface area contributed by atoms with Crippen molar-refractivity contribution in [3.05, 3.63) is 0 Å². The average molecular weight is 314 g/mol. The van der Waals surface area contributed by atoms with Gasteiger partial charge >= 0.3 is 0 Å². The second-order valence-electron chi connectivity index (χ2n) is 5.19. The third-order valence-corrected chi connectivity index (χ3v) is 3.82. The minimum atomic E-state index is -0.546. The molecule has 0 radical (unpaired) electrons. The van der Waals surface area contributed by atoms with Gasteiger partial charge in [0.05, 0.1) is 12.1 Å². The second kappa shape index (κ2) is 8.27. The number of hydrogen-bond acceptors (Lipinski definition) is 4. The molecule has 0 aromatic rings. The summed E-state index contributed by atoms with van der Waals surface area (Å²) in [6.07, 6.45) is 4.02. The Morgan fingerprint density at radius 2 is 2.16 bits per heavy atom. The zero-order valence-electron chi connectivity index (χ0n) is 11.4. The molecule has 0 bridgehead atoms. The quantitative estimate of drug-likeness (QED) is 0.751. The fourth-order valence-electron chi connectivity index (χ4n) is 2.38. The normalized spacial score (nSPS) is 24.2. The number of hydrogen-bond donors (Lipinski definition) is 2. The SMILES string of the molecule is COCCN1CCCC1CNC(=O)C1(N)CC1.Cl.Cl. The van der Waals surface area contributed by atoms with Crippen LogP contribution in [0.15, 0.2) is 0 Å². The highest BCUT2D eigenvalue weighted by Crippen LogP contribution is 2.32. The number of carbonyl (C=O) groups is 1. The number of nitrogens with one attached hydrogen (secondary N) is 1. The highest BCUT2D eigenvalue weighted by atomic mass is 35.5. The highest BCUT2D eigenvalue weighted by Gasteiger charge is 2.46. The lowest BCUT2D eigenvalue weighted by Gasteiger charge is -2.24. The first-order valence-corrected chi connectivity index (χ1v) is 6.46. The van der Waals surface area contributed by atoms with E-state index in [9.17, 15) is 4.79 Å². The van der Waals surface area contributed by atoms with Gasteiger partial charge < -0.3 is 15.8 Å². The molecule has 1 saturated carbocycles. The van der Waals surface area contributed by atoms with Crippen molar-refractivity contribution in [2.45, 2.75) is 37.3 Å². The van der Waals surface area contributed by atoms with Crippen LogP contribution < -0.4 is 11.1 Å². The summed E-state index contributed by atoms with van der Waals surface area (Å²) in [6, 6.07) is 0.455. The minimum absolute atomic E-state index is 0. The summed E-state index contributed by atoms with van der Waals surface area (Å²) in [7, 11) is 1.72. The van der Waals surface area contributed by atoms with Crippen molar-refractivity contribution >= 4 is 30.7 Å². The van der Waals surface area contributed by atoms with E-state index in [4.69, 9.17) is 10.5 Å². The fraction of sp³-hybridized carbons (Fsp3) is 0.917. The Kier molecular flexibility index (Phi) is 8.24. The van der Waals surface area contributed by atoms with Crippen molar-refractivity contribution in [2.75, 3.05) is 33.4 Å². The largest absolute Gasteiger partial charge is 0.383 e. The Labute approximate surface area is 127 Å². The van der Waals surface area contributed by atoms with E-state index in [0.717, 1.165) is 45.5 Å². The third kappa shape index (κ3) is 5.08. The Morgan fingerprint density at radius 1 is 1.47 bits per heavy atom. The van der Waals surface area contributed by atoms with Crippen LogP contribution in [0.3, 0.4) is 0 Å². The van der Waals surface area contributed by atoms with Gasteiger partial charge in [0, 0.05) is 26.2 Å². The molecular weight excluding hydrogens is 289 g/mol. The maximum atomic E-state index is 11.7. The van der Waals surface area contributed by atoms with E-state index in [2.05, 4.69) is 10.2 Å². The van der Waals surface area contributed by atoms with Gasteiger partial charge in [0.25, 0.3) is 0 Å². The highest BCUT2D eigenvalue weighted by molar-refractivity contribution is 5.89. The van der Waals surface area contributed by atoms with Gasteiger partial charge in [-0.1, -0.05) is 0 Å². The number of ether oxygens (including phenoxy) is 1. The number of amides is 1. The molecule has 1 amide bonds. The van der Waals surface area contributed by atoms with Gasteiger partial charge in [-0.25, -0.2) is 0 Å². The van der Waals surface area contributed by atoms with Crippen LogP contribution in [0.1, 0.15) is 25.7 Å². The summed E-state index contributed by atoms with van der Waals surface area (Å²) in [5.74, 6) is 0.0242. The van der Waals surface area contributed by atoms with Crippen LogP contribution in [0.25, 0.3) is 0 Å². The van der Waals surface area contributed by atoms with Crippen LogP contribution in [0.4, 0.5) is 0 Å². The van der Waals surface area contributed by atoms with Gasteiger partial charge in [-0.2, -0.15) is 0 Å². The lowest BCUT2D eigenvalue weighted by molar-refractivity contribution is -0.123. The topological polar surface area (TPSA) is 67.6 Å². The van der Waals surface area contributed by atoms with E-state index in [-0.39, 0.29) is 30.7 Å². The van der Waals surface area contributed by atoms with Crippen LogP contribution in [0.5, 0.6) is 0 Å². The summed E-state index contributed by atoms with van der Waals surface area (Å²) in [5.41, 5.74) is 5.30. The van der Waals surface area contributed by atoms with Gasteiger partial charge in [-0.05, 0) is 32.2 Å². The van der Waals surface area contributed by atoms with Gasteiger partial charge in [-0.3, -0.25) is 9.69 Å². The summed E-state index contributed by atoms with van der Waals surface area (Å²) in [5, 5.41) is 2.99. The average Bonchev–Trinajstić information content (AvgIpc) is 2.93. The van der Waals surface area contributed by atoms with Gasteiger partial charge in [0.2, 0.25) is 5.91 Å². The number of nitrogens with two attached hydrogens (primary N) is 1. The van der Waals surface area contributed by atoms with Crippen molar-refractivity contribution in [1.82, 2.24) is 10.2 Å². The second-order valence-corrected chi connectivity index (χ2v) is 5.19. The van der Waals surface area contributed by atoms with Crippen LogP contribution >= 0.6 is 24.8 Å². The fourth-order valence-corrected chi connectivity index (χ4v) is 2.38. The number of carbonyl (C=O) groups excluding carboxylic acids is 1.